The molecule has 2 unspecified atom stereocenters. The van der Waals surface area contributed by atoms with E-state index < -0.39 is 37.0 Å². The fraction of sp³-hybridized carbons (Fsp3) is 1.00. The van der Waals surface area contributed by atoms with Crippen LogP contribution in [0.3, 0.4) is 0 Å². The van der Waals surface area contributed by atoms with Gasteiger partial charge in [0.1, 0.15) is 12.2 Å². The van der Waals surface area contributed by atoms with Crippen LogP contribution in [0.15, 0.2) is 0 Å². The van der Waals surface area contributed by atoms with Crippen molar-refractivity contribution in [3.63, 3.8) is 0 Å². The number of aliphatic hydroxyl groups is 6. The molecule has 0 radical (unpaired) electrons. The highest BCUT2D eigenvalue weighted by molar-refractivity contribution is 4.99. The Hall–Kier alpha value is -0.280. The van der Waals surface area contributed by atoms with E-state index in [1.54, 1.807) is 0 Å². The molecule has 0 aromatic heterocycles. The molecule has 1 aliphatic rings. The van der Waals surface area contributed by atoms with Crippen LogP contribution in [-0.4, -0.2) is 67.6 Å². The van der Waals surface area contributed by atoms with Gasteiger partial charge in [0, 0.05) is 0 Å². The maximum Gasteiger partial charge on any atom is 0.221 e. The van der Waals surface area contributed by atoms with Gasteiger partial charge in [-0.15, -0.1) is 0 Å². The van der Waals surface area contributed by atoms with Crippen molar-refractivity contribution >= 4 is 0 Å². The van der Waals surface area contributed by atoms with Crippen LogP contribution in [0.25, 0.3) is 0 Å². The topological polar surface area (TPSA) is 131 Å². The summed E-state index contributed by atoms with van der Waals surface area (Å²) in [7, 11) is 0. The van der Waals surface area contributed by atoms with E-state index in [4.69, 9.17) is 20.4 Å². The molecule has 78 valence electrons. The van der Waals surface area contributed by atoms with Gasteiger partial charge in [-0.05, 0) is 0 Å². The summed E-state index contributed by atoms with van der Waals surface area (Å²) in [5.41, 5.74) is 0. The molecule has 0 bridgehead atoms. The third-order valence-corrected chi connectivity index (χ3v) is 2.03. The van der Waals surface area contributed by atoms with E-state index in [9.17, 15) is 10.2 Å². The first kappa shape index (κ1) is 10.8. The van der Waals surface area contributed by atoms with Crippen LogP contribution in [-0.2, 0) is 4.74 Å². The van der Waals surface area contributed by atoms with Crippen molar-refractivity contribution in [3.8, 4) is 0 Å². The zero-order valence-corrected chi connectivity index (χ0v) is 6.66. The van der Waals surface area contributed by atoms with Gasteiger partial charge < -0.3 is 35.4 Å². The van der Waals surface area contributed by atoms with Crippen LogP contribution in [0.1, 0.15) is 0 Å². The zero-order valence-electron chi connectivity index (χ0n) is 6.66. The minimum atomic E-state index is -2.45. The quantitative estimate of drug-likeness (QED) is 0.266. The Morgan fingerprint density at radius 3 is 1.38 bits per heavy atom. The first-order valence-corrected chi connectivity index (χ1v) is 3.62. The maximum atomic E-state index is 9.25. The average molecular weight is 196 g/mol. The molecule has 1 fully saturated rings. The van der Waals surface area contributed by atoms with E-state index in [-0.39, 0.29) is 0 Å². The standard InChI is InChI=1S/C6H12O7/c7-1-5(11)3(9)4(10)6(12,2-8)13-5/h3-4,7-12H,1-2H2/t3-,4+,5?,6?. The lowest BCUT2D eigenvalue weighted by atomic mass is 10.0. The molecule has 0 aromatic rings. The van der Waals surface area contributed by atoms with Gasteiger partial charge in [0.15, 0.2) is 0 Å². The first-order valence-electron chi connectivity index (χ1n) is 3.62. The minimum absolute atomic E-state index is 1.01. The predicted molar refractivity (Wildman–Crippen MR) is 37.2 cm³/mol. The molecule has 0 saturated carbocycles. The summed E-state index contributed by atoms with van der Waals surface area (Å²) in [5.74, 6) is -4.90. The van der Waals surface area contributed by atoms with Crippen molar-refractivity contribution in [3.05, 3.63) is 0 Å². The monoisotopic (exact) mass is 196 g/mol. The third kappa shape index (κ3) is 1.44. The lowest BCUT2D eigenvalue weighted by Gasteiger charge is -2.24. The summed E-state index contributed by atoms with van der Waals surface area (Å²) in [6.07, 6.45) is -3.76. The molecule has 1 heterocycles. The second-order valence-corrected chi connectivity index (χ2v) is 3.00. The highest BCUT2D eigenvalue weighted by Crippen LogP contribution is 2.34. The summed E-state index contributed by atoms with van der Waals surface area (Å²) < 4.78 is 4.37. The lowest BCUT2D eigenvalue weighted by Crippen LogP contribution is -2.46. The first-order chi connectivity index (χ1) is 5.89. The molecule has 1 aliphatic heterocycles. The molecular weight excluding hydrogens is 184 g/mol. The van der Waals surface area contributed by atoms with Crippen LogP contribution in [0.2, 0.25) is 0 Å². The smallest absolute Gasteiger partial charge is 0.221 e. The van der Waals surface area contributed by atoms with Crippen molar-refractivity contribution in [2.75, 3.05) is 13.2 Å². The average Bonchev–Trinajstić information content (AvgIpc) is 2.30. The highest BCUT2D eigenvalue weighted by Gasteiger charge is 2.61. The molecule has 4 atom stereocenters. The number of ether oxygens (including phenoxy) is 1. The van der Waals surface area contributed by atoms with Gasteiger partial charge in [-0.1, -0.05) is 0 Å². The van der Waals surface area contributed by atoms with E-state index >= 15 is 0 Å². The van der Waals surface area contributed by atoms with Gasteiger partial charge in [0.2, 0.25) is 11.6 Å². The van der Waals surface area contributed by atoms with Crippen LogP contribution in [0, 0.1) is 0 Å². The number of hydrogen-bond donors (Lipinski definition) is 6. The molecule has 0 amide bonds. The minimum Gasteiger partial charge on any atom is -0.391 e. The summed E-state index contributed by atoms with van der Waals surface area (Å²) in [6.45, 7) is -2.01. The predicted octanol–water partition coefficient (Wildman–Crippen LogP) is -3.90. The summed E-state index contributed by atoms with van der Waals surface area (Å²) in [6, 6.07) is 0. The molecular formula is C6H12O7. The molecule has 0 aliphatic carbocycles. The van der Waals surface area contributed by atoms with E-state index in [1.165, 1.54) is 0 Å². The van der Waals surface area contributed by atoms with Crippen molar-refractivity contribution < 1.29 is 35.4 Å². The Bertz CT molecular complexity index is 177. The Kier molecular flexibility index (Phi) is 2.61. The maximum absolute atomic E-state index is 9.25. The van der Waals surface area contributed by atoms with Gasteiger partial charge in [-0.2, -0.15) is 0 Å². The number of hydrogen-bond acceptors (Lipinski definition) is 7. The molecule has 13 heavy (non-hydrogen) atoms. The van der Waals surface area contributed by atoms with Crippen LogP contribution in [0.5, 0.6) is 0 Å². The molecule has 0 aromatic carbocycles. The van der Waals surface area contributed by atoms with Crippen LogP contribution < -0.4 is 0 Å². The molecule has 0 spiro atoms. The normalized spacial score (nSPS) is 51.2. The Balaban J connectivity index is 2.90. The highest BCUT2D eigenvalue weighted by atomic mass is 16.8. The number of rotatable bonds is 2. The van der Waals surface area contributed by atoms with Gasteiger partial charge in [-0.25, -0.2) is 0 Å². The van der Waals surface area contributed by atoms with Crippen LogP contribution >= 0.6 is 0 Å². The molecule has 1 rings (SSSR count). The summed E-state index contributed by atoms with van der Waals surface area (Å²) in [4.78, 5) is 0. The largest absolute Gasteiger partial charge is 0.391 e. The van der Waals surface area contributed by atoms with E-state index in [2.05, 4.69) is 4.74 Å². The number of aliphatic hydroxyl groups excluding tert-OH is 4. The summed E-state index contributed by atoms with van der Waals surface area (Å²) >= 11 is 0. The third-order valence-electron chi connectivity index (χ3n) is 2.03. The molecule has 6 N–H and O–H groups in total. The molecule has 7 nitrogen and oxygen atoms in total. The summed E-state index contributed by atoms with van der Waals surface area (Å²) in [5, 5.41) is 54.0. The zero-order chi connectivity index (χ0) is 10.3. The van der Waals surface area contributed by atoms with Crippen molar-refractivity contribution in [1.82, 2.24) is 0 Å². The Morgan fingerprint density at radius 1 is 0.923 bits per heavy atom. The lowest BCUT2D eigenvalue weighted by molar-refractivity contribution is -0.324. The van der Waals surface area contributed by atoms with Crippen molar-refractivity contribution in [2.45, 2.75) is 23.8 Å². The van der Waals surface area contributed by atoms with Crippen molar-refractivity contribution in [1.29, 1.82) is 0 Å². The molecule has 7 heteroatoms. The van der Waals surface area contributed by atoms with E-state index in [1.807, 2.05) is 0 Å². The van der Waals surface area contributed by atoms with Crippen LogP contribution in [0.4, 0.5) is 0 Å². The fourth-order valence-corrected chi connectivity index (χ4v) is 1.17. The fourth-order valence-electron chi connectivity index (χ4n) is 1.17. The second kappa shape index (κ2) is 3.14. The Morgan fingerprint density at radius 2 is 1.23 bits per heavy atom. The van der Waals surface area contributed by atoms with E-state index in [0.29, 0.717) is 0 Å². The second-order valence-electron chi connectivity index (χ2n) is 3.00. The van der Waals surface area contributed by atoms with E-state index in [0.717, 1.165) is 0 Å². The SMILES string of the molecule is OCC1(O)OC(O)(CO)[C@@H](O)[C@H]1O. The Labute approximate surface area is 73.4 Å². The van der Waals surface area contributed by atoms with Crippen molar-refractivity contribution in [2.24, 2.45) is 0 Å². The molecule has 1 saturated heterocycles. The van der Waals surface area contributed by atoms with Gasteiger partial charge >= 0.3 is 0 Å². The van der Waals surface area contributed by atoms with Gasteiger partial charge in [0.05, 0.1) is 13.2 Å². The van der Waals surface area contributed by atoms with Gasteiger partial charge in [0.25, 0.3) is 0 Å². The van der Waals surface area contributed by atoms with Gasteiger partial charge in [-0.3, -0.25) is 0 Å².